The predicted molar refractivity (Wildman–Crippen MR) is 81.9 cm³/mol. The third-order valence-electron chi connectivity index (χ3n) is 3.74. The molecule has 1 aliphatic rings. The van der Waals surface area contributed by atoms with Crippen LogP contribution >= 0.6 is 15.9 Å². The van der Waals surface area contributed by atoms with Crippen molar-refractivity contribution in [1.29, 1.82) is 0 Å². The molecule has 1 N–H and O–H groups in total. The van der Waals surface area contributed by atoms with E-state index in [9.17, 15) is 0 Å². The predicted octanol–water partition coefficient (Wildman–Crippen LogP) is 4.55. The Bertz CT molecular complexity index is 343. The second kappa shape index (κ2) is 7.30. The first-order chi connectivity index (χ1) is 8.79. The van der Waals surface area contributed by atoms with Crippen LogP contribution in [0.3, 0.4) is 0 Å². The van der Waals surface area contributed by atoms with Gasteiger partial charge in [-0.3, -0.25) is 0 Å². The van der Waals surface area contributed by atoms with E-state index >= 15 is 0 Å². The first-order valence-corrected chi connectivity index (χ1v) is 8.06. The molecule has 0 aliphatic heterocycles. The lowest BCUT2D eigenvalue weighted by molar-refractivity contribution is 0.425. The average molecular weight is 310 g/mol. The number of aryl methyl sites for hydroxylation is 1. The molecule has 1 saturated carbocycles. The zero-order valence-corrected chi connectivity index (χ0v) is 12.9. The number of rotatable bonds is 8. The Kier molecular flexibility index (Phi) is 5.71. The smallest absolute Gasteiger partial charge is 0.0175 e. The van der Waals surface area contributed by atoms with Crippen molar-refractivity contribution in [3.63, 3.8) is 0 Å². The van der Waals surface area contributed by atoms with E-state index < -0.39 is 0 Å². The molecule has 0 heterocycles. The summed E-state index contributed by atoms with van der Waals surface area (Å²) >= 11 is 3.48. The molecule has 1 aliphatic carbocycles. The minimum absolute atomic E-state index is 0.778. The van der Waals surface area contributed by atoms with E-state index in [0.717, 1.165) is 12.0 Å². The van der Waals surface area contributed by atoms with Gasteiger partial charge < -0.3 is 5.32 Å². The van der Waals surface area contributed by atoms with Gasteiger partial charge in [-0.15, -0.1) is 0 Å². The molecule has 1 aromatic rings. The molecule has 0 aromatic heterocycles. The molecule has 100 valence electrons. The summed E-state index contributed by atoms with van der Waals surface area (Å²) in [5.74, 6) is 0.974. The number of halogens is 1. The van der Waals surface area contributed by atoms with Gasteiger partial charge in [0.2, 0.25) is 0 Å². The highest BCUT2D eigenvalue weighted by Gasteiger charge is 2.29. The fourth-order valence-electron chi connectivity index (χ4n) is 2.51. The minimum atomic E-state index is 0.778. The van der Waals surface area contributed by atoms with Gasteiger partial charge in [-0.2, -0.15) is 0 Å². The summed E-state index contributed by atoms with van der Waals surface area (Å²) in [4.78, 5) is 0. The van der Waals surface area contributed by atoms with E-state index in [1.807, 2.05) is 0 Å². The molecule has 0 saturated heterocycles. The monoisotopic (exact) mass is 309 g/mol. The van der Waals surface area contributed by atoms with Gasteiger partial charge in [-0.25, -0.2) is 0 Å². The summed E-state index contributed by atoms with van der Waals surface area (Å²) in [5, 5.41) is 3.72. The van der Waals surface area contributed by atoms with E-state index in [1.54, 1.807) is 0 Å². The van der Waals surface area contributed by atoms with Crippen LogP contribution in [0.1, 0.15) is 44.6 Å². The van der Waals surface area contributed by atoms with Gasteiger partial charge in [0.15, 0.2) is 0 Å². The van der Waals surface area contributed by atoms with Crippen molar-refractivity contribution in [2.24, 2.45) is 5.92 Å². The standard InChI is InChI=1S/C16H24BrN/c1-2-12-18-16(14-8-9-14)5-3-4-13-6-10-15(17)11-7-13/h6-7,10-11,14,16,18H,2-5,8-9,12H2,1H3. The second-order valence-corrected chi connectivity index (χ2v) is 6.33. The van der Waals surface area contributed by atoms with Crippen LogP contribution in [0, 0.1) is 5.92 Å². The van der Waals surface area contributed by atoms with Crippen LogP contribution in [0.15, 0.2) is 28.7 Å². The van der Waals surface area contributed by atoms with Crippen molar-refractivity contribution in [2.75, 3.05) is 6.54 Å². The van der Waals surface area contributed by atoms with E-state index in [4.69, 9.17) is 0 Å². The van der Waals surface area contributed by atoms with Gasteiger partial charge in [-0.1, -0.05) is 35.0 Å². The van der Waals surface area contributed by atoms with Crippen molar-refractivity contribution in [2.45, 2.75) is 51.5 Å². The molecule has 1 atom stereocenters. The van der Waals surface area contributed by atoms with Crippen LogP contribution < -0.4 is 5.32 Å². The summed E-state index contributed by atoms with van der Waals surface area (Å²) in [6.45, 7) is 3.43. The molecule has 0 bridgehead atoms. The topological polar surface area (TPSA) is 12.0 Å². The normalized spacial score (nSPS) is 16.8. The number of nitrogens with one attached hydrogen (secondary N) is 1. The Labute approximate surface area is 119 Å². The molecule has 1 fully saturated rings. The fraction of sp³-hybridized carbons (Fsp3) is 0.625. The van der Waals surface area contributed by atoms with Gasteiger partial charge >= 0.3 is 0 Å². The zero-order valence-electron chi connectivity index (χ0n) is 11.3. The van der Waals surface area contributed by atoms with Crippen LogP contribution in [0.4, 0.5) is 0 Å². The van der Waals surface area contributed by atoms with Crippen molar-refractivity contribution in [3.8, 4) is 0 Å². The van der Waals surface area contributed by atoms with Gasteiger partial charge in [0.25, 0.3) is 0 Å². The highest BCUT2D eigenvalue weighted by Crippen LogP contribution is 2.34. The van der Waals surface area contributed by atoms with Gasteiger partial charge in [0, 0.05) is 10.5 Å². The van der Waals surface area contributed by atoms with E-state index in [0.29, 0.717) is 0 Å². The van der Waals surface area contributed by atoms with Crippen LogP contribution in [0.5, 0.6) is 0 Å². The maximum absolute atomic E-state index is 3.72. The molecule has 0 amide bonds. The summed E-state index contributed by atoms with van der Waals surface area (Å²) < 4.78 is 1.17. The Morgan fingerprint density at radius 3 is 2.61 bits per heavy atom. The van der Waals surface area contributed by atoms with Crippen LogP contribution in [0.25, 0.3) is 0 Å². The SMILES string of the molecule is CCCNC(CCCc1ccc(Br)cc1)C1CC1. The summed E-state index contributed by atoms with van der Waals surface area (Å²) in [6.07, 6.45) is 7.99. The third-order valence-corrected chi connectivity index (χ3v) is 4.27. The Balaban J connectivity index is 1.70. The lowest BCUT2D eigenvalue weighted by Gasteiger charge is -2.17. The largest absolute Gasteiger partial charge is 0.314 e. The van der Waals surface area contributed by atoms with Crippen molar-refractivity contribution in [3.05, 3.63) is 34.3 Å². The highest BCUT2D eigenvalue weighted by atomic mass is 79.9. The molecule has 2 rings (SSSR count). The maximum atomic E-state index is 3.72. The van der Waals surface area contributed by atoms with Crippen molar-refractivity contribution < 1.29 is 0 Å². The van der Waals surface area contributed by atoms with Crippen molar-refractivity contribution in [1.82, 2.24) is 5.32 Å². The molecule has 1 unspecified atom stereocenters. The average Bonchev–Trinajstić information content (AvgIpc) is 3.20. The molecule has 18 heavy (non-hydrogen) atoms. The number of benzene rings is 1. The lowest BCUT2D eigenvalue weighted by atomic mass is 10.0. The second-order valence-electron chi connectivity index (χ2n) is 5.42. The number of hydrogen-bond donors (Lipinski definition) is 1. The van der Waals surface area contributed by atoms with Gasteiger partial charge in [0.1, 0.15) is 0 Å². The summed E-state index contributed by atoms with van der Waals surface area (Å²) in [6, 6.07) is 9.53. The first kappa shape index (κ1) is 14.1. The van der Waals surface area contributed by atoms with Crippen LogP contribution in [-0.2, 0) is 6.42 Å². The molecule has 2 heteroatoms. The molecular formula is C16H24BrN. The van der Waals surface area contributed by atoms with E-state index in [2.05, 4.69) is 52.4 Å². The Morgan fingerprint density at radius 2 is 2.00 bits per heavy atom. The van der Waals surface area contributed by atoms with Crippen LogP contribution in [-0.4, -0.2) is 12.6 Å². The highest BCUT2D eigenvalue weighted by molar-refractivity contribution is 9.10. The maximum Gasteiger partial charge on any atom is 0.0175 e. The molecule has 1 aromatic carbocycles. The lowest BCUT2D eigenvalue weighted by Crippen LogP contribution is -2.31. The van der Waals surface area contributed by atoms with Gasteiger partial charge in [-0.05, 0) is 68.7 Å². The Morgan fingerprint density at radius 1 is 1.28 bits per heavy atom. The van der Waals surface area contributed by atoms with E-state index in [-0.39, 0.29) is 0 Å². The van der Waals surface area contributed by atoms with E-state index in [1.165, 1.54) is 55.1 Å². The number of hydrogen-bond acceptors (Lipinski definition) is 1. The van der Waals surface area contributed by atoms with Crippen molar-refractivity contribution >= 4 is 15.9 Å². The zero-order chi connectivity index (χ0) is 12.8. The molecule has 1 nitrogen and oxygen atoms in total. The minimum Gasteiger partial charge on any atom is -0.314 e. The quantitative estimate of drug-likeness (QED) is 0.743. The van der Waals surface area contributed by atoms with Gasteiger partial charge in [0.05, 0.1) is 0 Å². The molecule has 0 spiro atoms. The summed E-state index contributed by atoms with van der Waals surface area (Å²) in [5.41, 5.74) is 1.46. The molecule has 0 radical (unpaired) electrons. The third kappa shape index (κ3) is 4.74. The van der Waals surface area contributed by atoms with Crippen LogP contribution in [0.2, 0.25) is 0 Å². The molecular weight excluding hydrogens is 286 g/mol. The fourth-order valence-corrected chi connectivity index (χ4v) is 2.77. The summed E-state index contributed by atoms with van der Waals surface area (Å²) in [7, 11) is 0. The first-order valence-electron chi connectivity index (χ1n) is 7.27. The Hall–Kier alpha value is -0.340.